The molecule has 0 saturated carbocycles. The van der Waals surface area contributed by atoms with Crippen molar-refractivity contribution in [2.45, 2.75) is 6.54 Å². The van der Waals surface area contributed by atoms with E-state index >= 15 is 0 Å². The van der Waals surface area contributed by atoms with Crippen molar-refractivity contribution in [3.63, 3.8) is 0 Å². The molecule has 0 aliphatic rings. The summed E-state index contributed by atoms with van der Waals surface area (Å²) in [6.45, 7) is 0.637. The van der Waals surface area contributed by atoms with Crippen molar-refractivity contribution in [1.29, 1.82) is 0 Å². The lowest BCUT2D eigenvalue weighted by molar-refractivity contribution is 0.415. The molecule has 5 heteroatoms. The van der Waals surface area contributed by atoms with Crippen molar-refractivity contribution in [2.75, 3.05) is 14.2 Å². The predicted molar refractivity (Wildman–Crippen MR) is 74.2 cm³/mol. The van der Waals surface area contributed by atoms with Gasteiger partial charge in [0.1, 0.15) is 11.6 Å². The van der Waals surface area contributed by atoms with E-state index in [9.17, 15) is 0 Å². The summed E-state index contributed by atoms with van der Waals surface area (Å²) in [4.78, 5) is 13.3. The number of hydrogen-bond donors (Lipinski definition) is 1. The number of nitrogens with one attached hydrogen (secondary N) is 1. The Bertz CT molecular complexity index is 742. The molecule has 0 atom stereocenters. The first kappa shape index (κ1) is 11.8. The lowest BCUT2D eigenvalue weighted by atomic mass is 10.2. The summed E-state index contributed by atoms with van der Waals surface area (Å²) < 4.78 is 5.22. The van der Waals surface area contributed by atoms with Crippen LogP contribution >= 0.6 is 0 Å². The first-order chi connectivity index (χ1) is 9.30. The fraction of sp³-hybridized carbons (Fsp3) is 0.214. The van der Waals surface area contributed by atoms with Crippen LogP contribution in [0.1, 0.15) is 5.82 Å². The summed E-state index contributed by atoms with van der Waals surface area (Å²) in [6.07, 6.45) is 1.81. The number of methoxy groups -OCH3 is 1. The van der Waals surface area contributed by atoms with E-state index < -0.39 is 0 Å². The lowest BCUT2D eigenvalue weighted by Crippen LogP contribution is -2.09. The molecule has 0 aliphatic heterocycles. The summed E-state index contributed by atoms with van der Waals surface area (Å²) in [7, 11) is 3.52. The van der Waals surface area contributed by atoms with Crippen molar-refractivity contribution in [3.05, 3.63) is 36.3 Å². The molecule has 5 nitrogen and oxygen atoms in total. The SMILES string of the molecule is CNCc1ncc2cc3cc(OC)ccc3nc2n1. The van der Waals surface area contributed by atoms with Gasteiger partial charge in [-0.2, -0.15) is 0 Å². The molecule has 0 amide bonds. The number of benzene rings is 1. The highest BCUT2D eigenvalue weighted by Crippen LogP contribution is 2.22. The van der Waals surface area contributed by atoms with E-state index in [0.717, 1.165) is 33.5 Å². The molecule has 0 unspecified atom stereocenters. The van der Waals surface area contributed by atoms with Crippen molar-refractivity contribution < 1.29 is 4.74 Å². The molecule has 0 fully saturated rings. The van der Waals surface area contributed by atoms with E-state index in [1.54, 1.807) is 13.3 Å². The quantitative estimate of drug-likeness (QED) is 0.723. The number of nitrogens with zero attached hydrogens (tertiary/aromatic N) is 3. The lowest BCUT2D eigenvalue weighted by Gasteiger charge is -2.05. The summed E-state index contributed by atoms with van der Waals surface area (Å²) in [5.74, 6) is 1.57. The zero-order chi connectivity index (χ0) is 13.2. The van der Waals surface area contributed by atoms with Crippen LogP contribution in [0.5, 0.6) is 5.75 Å². The Morgan fingerprint density at radius 2 is 2.05 bits per heavy atom. The Kier molecular flexibility index (Phi) is 2.97. The van der Waals surface area contributed by atoms with Gasteiger partial charge in [0.05, 0.1) is 19.2 Å². The monoisotopic (exact) mass is 254 g/mol. The molecular weight excluding hydrogens is 240 g/mol. The van der Waals surface area contributed by atoms with Crippen LogP contribution in [0.2, 0.25) is 0 Å². The van der Waals surface area contributed by atoms with Crippen LogP contribution < -0.4 is 10.1 Å². The number of hydrogen-bond acceptors (Lipinski definition) is 5. The molecule has 0 aliphatic carbocycles. The number of rotatable bonds is 3. The molecule has 1 aromatic carbocycles. The maximum atomic E-state index is 5.22. The third kappa shape index (κ3) is 2.20. The van der Waals surface area contributed by atoms with Gasteiger partial charge < -0.3 is 10.1 Å². The van der Waals surface area contributed by atoms with Crippen LogP contribution in [-0.4, -0.2) is 29.1 Å². The molecule has 2 heterocycles. The van der Waals surface area contributed by atoms with Gasteiger partial charge in [0.25, 0.3) is 0 Å². The van der Waals surface area contributed by atoms with Gasteiger partial charge in [-0.3, -0.25) is 0 Å². The Labute approximate surface area is 110 Å². The van der Waals surface area contributed by atoms with Crippen molar-refractivity contribution in [1.82, 2.24) is 20.3 Å². The third-order valence-corrected chi connectivity index (χ3v) is 2.95. The first-order valence-electron chi connectivity index (χ1n) is 6.05. The predicted octanol–water partition coefficient (Wildman–Crippen LogP) is 1.91. The fourth-order valence-corrected chi connectivity index (χ4v) is 2.01. The number of aromatic nitrogens is 3. The second-order valence-electron chi connectivity index (χ2n) is 4.28. The fourth-order valence-electron chi connectivity index (χ4n) is 2.01. The molecule has 0 saturated heterocycles. The zero-order valence-corrected chi connectivity index (χ0v) is 10.8. The van der Waals surface area contributed by atoms with Crippen molar-refractivity contribution in [3.8, 4) is 5.75 Å². The molecule has 96 valence electrons. The third-order valence-electron chi connectivity index (χ3n) is 2.95. The average Bonchev–Trinajstić information content (AvgIpc) is 2.45. The van der Waals surface area contributed by atoms with E-state index in [4.69, 9.17) is 4.74 Å². The first-order valence-corrected chi connectivity index (χ1v) is 6.05. The molecule has 3 aromatic rings. The minimum Gasteiger partial charge on any atom is -0.497 e. The average molecular weight is 254 g/mol. The van der Waals surface area contributed by atoms with Gasteiger partial charge in [-0.25, -0.2) is 15.0 Å². The van der Waals surface area contributed by atoms with E-state index in [0.29, 0.717) is 6.54 Å². The molecular formula is C14H14N4O. The van der Waals surface area contributed by atoms with Gasteiger partial charge in [0.15, 0.2) is 5.65 Å². The van der Waals surface area contributed by atoms with Gasteiger partial charge in [0, 0.05) is 17.0 Å². The minimum absolute atomic E-state index is 0.637. The van der Waals surface area contributed by atoms with Crippen molar-refractivity contribution in [2.24, 2.45) is 0 Å². The second kappa shape index (κ2) is 4.78. The Morgan fingerprint density at radius 1 is 1.16 bits per heavy atom. The van der Waals surface area contributed by atoms with Gasteiger partial charge in [-0.15, -0.1) is 0 Å². The largest absolute Gasteiger partial charge is 0.497 e. The van der Waals surface area contributed by atoms with E-state index in [1.807, 2.05) is 31.3 Å². The molecule has 0 spiro atoms. The molecule has 2 aromatic heterocycles. The molecule has 0 radical (unpaired) electrons. The van der Waals surface area contributed by atoms with Crippen LogP contribution in [-0.2, 0) is 6.54 Å². The standard InChI is InChI=1S/C14H14N4O/c1-15-8-13-16-7-10-5-9-6-11(19-2)3-4-12(9)17-14(10)18-13/h3-7,15H,8H2,1-2H3. The van der Waals surface area contributed by atoms with Gasteiger partial charge in [-0.1, -0.05) is 0 Å². The molecule has 1 N–H and O–H groups in total. The Morgan fingerprint density at radius 3 is 2.84 bits per heavy atom. The molecule has 0 bridgehead atoms. The zero-order valence-electron chi connectivity index (χ0n) is 10.8. The minimum atomic E-state index is 0.637. The van der Waals surface area contributed by atoms with Gasteiger partial charge in [-0.05, 0) is 31.3 Å². The number of ether oxygens (including phenoxy) is 1. The van der Waals surface area contributed by atoms with E-state index in [1.165, 1.54) is 0 Å². The number of pyridine rings is 1. The van der Waals surface area contributed by atoms with E-state index in [2.05, 4.69) is 20.3 Å². The molecule has 19 heavy (non-hydrogen) atoms. The summed E-state index contributed by atoms with van der Waals surface area (Å²) in [6, 6.07) is 7.83. The highest BCUT2D eigenvalue weighted by molar-refractivity contribution is 5.91. The highest BCUT2D eigenvalue weighted by Gasteiger charge is 2.04. The maximum Gasteiger partial charge on any atom is 0.163 e. The van der Waals surface area contributed by atoms with Gasteiger partial charge in [0.2, 0.25) is 0 Å². The highest BCUT2D eigenvalue weighted by atomic mass is 16.5. The summed E-state index contributed by atoms with van der Waals surface area (Å²) in [5.41, 5.74) is 1.63. The van der Waals surface area contributed by atoms with Crippen molar-refractivity contribution >= 4 is 21.9 Å². The summed E-state index contributed by atoms with van der Waals surface area (Å²) >= 11 is 0. The van der Waals surface area contributed by atoms with Crippen LogP contribution in [0, 0.1) is 0 Å². The van der Waals surface area contributed by atoms with E-state index in [-0.39, 0.29) is 0 Å². The van der Waals surface area contributed by atoms with Crippen LogP contribution in [0.3, 0.4) is 0 Å². The Balaban J connectivity index is 2.19. The van der Waals surface area contributed by atoms with Crippen LogP contribution in [0.15, 0.2) is 30.5 Å². The number of fused-ring (bicyclic) bond motifs is 2. The van der Waals surface area contributed by atoms with Crippen LogP contribution in [0.4, 0.5) is 0 Å². The summed E-state index contributed by atoms with van der Waals surface area (Å²) in [5, 5.41) is 4.99. The van der Waals surface area contributed by atoms with Gasteiger partial charge >= 0.3 is 0 Å². The topological polar surface area (TPSA) is 59.9 Å². The Hall–Kier alpha value is -2.27. The smallest absolute Gasteiger partial charge is 0.163 e. The second-order valence-corrected chi connectivity index (χ2v) is 4.28. The maximum absolute atomic E-state index is 5.22. The van der Waals surface area contributed by atoms with Crippen LogP contribution in [0.25, 0.3) is 21.9 Å². The molecule has 3 rings (SSSR count). The normalized spacial score (nSPS) is 11.1.